The van der Waals surface area contributed by atoms with E-state index >= 15 is 0 Å². The summed E-state index contributed by atoms with van der Waals surface area (Å²) < 4.78 is 0. The number of amides is 1. The number of hydrogen-bond acceptors (Lipinski definition) is 2. The van der Waals surface area contributed by atoms with Crippen LogP contribution in [0.15, 0.2) is 72.9 Å². The summed E-state index contributed by atoms with van der Waals surface area (Å²) >= 11 is 0. The van der Waals surface area contributed by atoms with Crippen molar-refractivity contribution >= 4 is 5.91 Å². The molecule has 2 aromatic carbocycles. The Bertz CT molecular complexity index is 794. The number of rotatable bonds is 5. The van der Waals surface area contributed by atoms with Crippen LogP contribution in [0.4, 0.5) is 0 Å². The van der Waals surface area contributed by atoms with Gasteiger partial charge in [0.1, 0.15) is 5.69 Å². The smallest absolute Gasteiger partial charge is 0.269 e. The summed E-state index contributed by atoms with van der Waals surface area (Å²) in [4.78, 5) is 16.4. The van der Waals surface area contributed by atoms with Crippen LogP contribution in [0.2, 0.25) is 0 Å². The van der Waals surface area contributed by atoms with Gasteiger partial charge in [0, 0.05) is 18.3 Å². The summed E-state index contributed by atoms with van der Waals surface area (Å²) in [6, 6.07) is 22.1. The van der Waals surface area contributed by atoms with Crippen molar-refractivity contribution in [1.82, 2.24) is 10.3 Å². The lowest BCUT2D eigenvalue weighted by Gasteiger charge is -2.06. The van der Waals surface area contributed by atoms with Crippen LogP contribution in [0, 0.1) is 6.92 Å². The number of carbonyl (C=O) groups is 1. The van der Waals surface area contributed by atoms with Gasteiger partial charge < -0.3 is 5.32 Å². The first-order chi connectivity index (χ1) is 11.7. The van der Waals surface area contributed by atoms with E-state index in [9.17, 15) is 4.79 Å². The molecule has 1 heterocycles. The lowest BCUT2D eigenvalue weighted by molar-refractivity contribution is 0.0949. The molecule has 0 unspecified atom stereocenters. The van der Waals surface area contributed by atoms with Crippen LogP contribution < -0.4 is 5.32 Å². The molecular weight excluding hydrogens is 296 g/mol. The van der Waals surface area contributed by atoms with E-state index in [0.29, 0.717) is 12.2 Å². The molecule has 0 radical (unpaired) electrons. The van der Waals surface area contributed by atoms with Gasteiger partial charge in [0.25, 0.3) is 5.91 Å². The highest BCUT2D eigenvalue weighted by atomic mass is 16.1. The average Bonchev–Trinajstić information content (AvgIpc) is 2.64. The normalized spacial score (nSPS) is 10.4. The van der Waals surface area contributed by atoms with Gasteiger partial charge in [-0.15, -0.1) is 0 Å². The first-order valence-corrected chi connectivity index (χ1v) is 8.07. The van der Waals surface area contributed by atoms with E-state index in [0.717, 1.165) is 17.5 Å². The Morgan fingerprint density at radius 1 is 0.917 bits per heavy atom. The molecule has 3 rings (SSSR count). The quantitative estimate of drug-likeness (QED) is 0.772. The van der Waals surface area contributed by atoms with Crippen LogP contribution in [-0.4, -0.2) is 17.4 Å². The van der Waals surface area contributed by atoms with Crippen molar-refractivity contribution < 1.29 is 4.79 Å². The van der Waals surface area contributed by atoms with Crippen molar-refractivity contribution in [3.8, 4) is 11.1 Å². The van der Waals surface area contributed by atoms with Crippen LogP contribution in [-0.2, 0) is 6.42 Å². The summed E-state index contributed by atoms with van der Waals surface area (Å²) in [5, 5.41) is 2.92. The van der Waals surface area contributed by atoms with Gasteiger partial charge in [0.2, 0.25) is 0 Å². The number of nitrogens with one attached hydrogen (secondary N) is 1. The van der Waals surface area contributed by atoms with Crippen LogP contribution in [0.25, 0.3) is 11.1 Å². The zero-order valence-corrected chi connectivity index (χ0v) is 13.7. The third kappa shape index (κ3) is 4.07. The molecule has 120 valence electrons. The molecule has 0 aliphatic rings. The second-order valence-electron chi connectivity index (χ2n) is 5.79. The maximum atomic E-state index is 12.2. The van der Waals surface area contributed by atoms with E-state index in [1.165, 1.54) is 11.1 Å². The van der Waals surface area contributed by atoms with E-state index in [2.05, 4.69) is 41.5 Å². The predicted octanol–water partition coefficient (Wildman–Crippen LogP) is 4.03. The summed E-state index contributed by atoms with van der Waals surface area (Å²) in [5.74, 6) is -0.137. The molecule has 24 heavy (non-hydrogen) atoms. The van der Waals surface area contributed by atoms with E-state index < -0.39 is 0 Å². The van der Waals surface area contributed by atoms with Crippen LogP contribution >= 0.6 is 0 Å². The highest BCUT2D eigenvalue weighted by molar-refractivity contribution is 5.92. The second kappa shape index (κ2) is 7.55. The van der Waals surface area contributed by atoms with E-state index in [1.807, 2.05) is 36.4 Å². The van der Waals surface area contributed by atoms with Crippen molar-refractivity contribution in [3.05, 3.63) is 89.7 Å². The summed E-state index contributed by atoms with van der Waals surface area (Å²) in [7, 11) is 0. The van der Waals surface area contributed by atoms with Crippen LogP contribution in [0.1, 0.15) is 21.6 Å². The second-order valence-corrected chi connectivity index (χ2v) is 5.79. The lowest BCUT2D eigenvalue weighted by atomic mass is 10.1. The molecule has 3 aromatic rings. The minimum Gasteiger partial charge on any atom is -0.350 e. The molecule has 0 saturated heterocycles. The molecule has 1 amide bonds. The zero-order valence-electron chi connectivity index (χ0n) is 13.7. The zero-order chi connectivity index (χ0) is 16.8. The molecule has 3 nitrogen and oxygen atoms in total. The molecule has 0 aliphatic heterocycles. The molecule has 0 spiro atoms. The Morgan fingerprint density at radius 3 is 2.33 bits per heavy atom. The van der Waals surface area contributed by atoms with Crippen molar-refractivity contribution in [2.45, 2.75) is 13.3 Å². The number of carbonyl (C=O) groups excluding carboxylic acids is 1. The molecule has 0 aliphatic carbocycles. The fraction of sp³-hybridized carbons (Fsp3) is 0.143. The van der Waals surface area contributed by atoms with Gasteiger partial charge in [-0.2, -0.15) is 0 Å². The van der Waals surface area contributed by atoms with Gasteiger partial charge >= 0.3 is 0 Å². The Kier molecular flexibility index (Phi) is 5.02. The van der Waals surface area contributed by atoms with Gasteiger partial charge in [0.05, 0.1) is 0 Å². The monoisotopic (exact) mass is 316 g/mol. The van der Waals surface area contributed by atoms with E-state index in [4.69, 9.17) is 0 Å². The summed E-state index contributed by atoms with van der Waals surface area (Å²) in [6.07, 6.45) is 2.55. The number of hydrogen-bond donors (Lipinski definition) is 1. The molecule has 0 fully saturated rings. The van der Waals surface area contributed by atoms with Crippen LogP contribution in [0.3, 0.4) is 0 Å². The average molecular weight is 316 g/mol. The molecule has 1 aromatic heterocycles. The van der Waals surface area contributed by atoms with Crippen molar-refractivity contribution in [2.24, 2.45) is 0 Å². The molecule has 0 saturated carbocycles. The van der Waals surface area contributed by atoms with Gasteiger partial charge in [-0.05, 0) is 30.5 Å². The summed E-state index contributed by atoms with van der Waals surface area (Å²) in [6.45, 7) is 2.67. The molecule has 0 bridgehead atoms. The first-order valence-electron chi connectivity index (χ1n) is 8.07. The molecule has 0 atom stereocenters. The van der Waals surface area contributed by atoms with Crippen molar-refractivity contribution in [1.29, 1.82) is 0 Å². The fourth-order valence-electron chi connectivity index (χ4n) is 2.50. The Morgan fingerprint density at radius 2 is 1.67 bits per heavy atom. The predicted molar refractivity (Wildman–Crippen MR) is 96.9 cm³/mol. The van der Waals surface area contributed by atoms with Crippen molar-refractivity contribution in [2.75, 3.05) is 6.54 Å². The Labute approximate surface area is 142 Å². The third-order valence-corrected chi connectivity index (χ3v) is 3.92. The van der Waals surface area contributed by atoms with Gasteiger partial charge in [-0.25, -0.2) is 0 Å². The number of benzene rings is 2. The lowest BCUT2D eigenvalue weighted by Crippen LogP contribution is -2.26. The van der Waals surface area contributed by atoms with E-state index in [-0.39, 0.29) is 5.91 Å². The van der Waals surface area contributed by atoms with E-state index in [1.54, 1.807) is 12.3 Å². The number of aryl methyl sites for hydroxylation is 1. The molecule has 3 heteroatoms. The largest absolute Gasteiger partial charge is 0.350 e. The minimum atomic E-state index is -0.137. The molecular formula is C21H20N2O. The standard InChI is InChI=1S/C21H20N2O/c1-16-7-9-17(10-8-16)13-14-22-21(24)20-12-11-19(15-23-20)18-5-3-2-4-6-18/h2-12,15H,13-14H2,1H3,(H,22,24). The number of pyridine rings is 1. The SMILES string of the molecule is Cc1ccc(CCNC(=O)c2ccc(-c3ccccc3)cn2)cc1. The highest BCUT2D eigenvalue weighted by Gasteiger charge is 2.07. The topological polar surface area (TPSA) is 42.0 Å². The first kappa shape index (κ1) is 15.9. The number of nitrogens with zero attached hydrogens (tertiary/aromatic N) is 1. The maximum absolute atomic E-state index is 12.2. The number of aromatic nitrogens is 1. The fourth-order valence-corrected chi connectivity index (χ4v) is 2.50. The van der Waals surface area contributed by atoms with Crippen molar-refractivity contribution in [3.63, 3.8) is 0 Å². The Hall–Kier alpha value is -2.94. The van der Waals surface area contributed by atoms with Gasteiger partial charge in [-0.1, -0.05) is 66.2 Å². The minimum absolute atomic E-state index is 0.137. The Balaban J connectivity index is 1.56. The van der Waals surface area contributed by atoms with Gasteiger partial charge in [-0.3, -0.25) is 9.78 Å². The van der Waals surface area contributed by atoms with Gasteiger partial charge in [0.15, 0.2) is 0 Å². The summed E-state index contributed by atoms with van der Waals surface area (Å²) in [5.41, 5.74) is 5.00. The highest BCUT2D eigenvalue weighted by Crippen LogP contribution is 2.17. The van der Waals surface area contributed by atoms with Crippen LogP contribution in [0.5, 0.6) is 0 Å². The third-order valence-electron chi connectivity index (χ3n) is 3.92. The molecule has 1 N–H and O–H groups in total. The maximum Gasteiger partial charge on any atom is 0.269 e.